The van der Waals surface area contributed by atoms with Crippen molar-refractivity contribution in [3.05, 3.63) is 70.9 Å². The number of aryl methyl sites for hydroxylation is 1. The Hall–Kier alpha value is -3.37. The Bertz CT molecular complexity index is 1340. The van der Waals surface area contributed by atoms with Gasteiger partial charge in [0.2, 0.25) is 0 Å². The summed E-state index contributed by atoms with van der Waals surface area (Å²) in [7, 11) is 4.07. The Morgan fingerprint density at radius 2 is 1.70 bits per heavy atom. The first-order chi connectivity index (χ1) is 20.1. The van der Waals surface area contributed by atoms with Crippen LogP contribution in [0.5, 0.6) is 5.75 Å². The molecule has 9 nitrogen and oxygen atoms in total. The zero-order valence-electron chi connectivity index (χ0n) is 24.8. The van der Waals surface area contributed by atoms with Gasteiger partial charge in [-0.3, -0.25) is 4.79 Å². The smallest absolute Gasteiger partial charge is 0.492 e. The molecule has 4 N–H and O–H groups in total. The molecule has 43 heavy (non-hydrogen) atoms. The van der Waals surface area contributed by atoms with Crippen LogP contribution in [0.2, 0.25) is 5.02 Å². The summed E-state index contributed by atoms with van der Waals surface area (Å²) in [5.41, 5.74) is 5.19. The molecule has 2 aromatic carbocycles. The largest absolute Gasteiger partial charge is 0.503 e. The number of hydrogen-bond donors (Lipinski definition) is 4. The number of carboxylic acid groups (broad SMARTS) is 2. The van der Waals surface area contributed by atoms with Crippen LogP contribution in [0.3, 0.4) is 0 Å². The number of carbonyl (C=O) groups excluding carboxylic acids is 1. The maximum absolute atomic E-state index is 13.2. The Labute approximate surface area is 264 Å². The van der Waals surface area contributed by atoms with E-state index >= 15 is 0 Å². The van der Waals surface area contributed by atoms with Crippen LogP contribution in [-0.4, -0.2) is 76.7 Å². The van der Waals surface area contributed by atoms with Gasteiger partial charge in [0, 0.05) is 23.7 Å². The number of rotatable bonds is 10. The monoisotopic (exact) mass is 633 g/mol. The molecule has 0 saturated heterocycles. The fourth-order valence-electron chi connectivity index (χ4n) is 4.92. The summed E-state index contributed by atoms with van der Waals surface area (Å²) in [6, 6.07) is 17.8. The summed E-state index contributed by atoms with van der Waals surface area (Å²) >= 11 is 6.49. The Morgan fingerprint density at radius 3 is 2.35 bits per heavy atom. The molecule has 0 bridgehead atoms. The van der Waals surface area contributed by atoms with Gasteiger partial charge in [0.25, 0.3) is 5.91 Å². The number of nitrogens with one attached hydrogen (secondary N) is 1. The third-order valence-electron chi connectivity index (χ3n) is 7.06. The highest BCUT2D eigenvalue weighted by Crippen LogP contribution is 2.37. The van der Waals surface area contributed by atoms with Gasteiger partial charge in [0.15, 0.2) is 0 Å². The third-order valence-corrected chi connectivity index (χ3v) is 7.37. The van der Waals surface area contributed by atoms with Crippen molar-refractivity contribution in [2.45, 2.75) is 57.6 Å². The van der Waals surface area contributed by atoms with Crippen LogP contribution in [0.1, 0.15) is 55.1 Å². The highest BCUT2D eigenvalue weighted by Gasteiger charge is 2.23. The average Bonchev–Trinajstić information content (AvgIpc) is 2.96. The van der Waals surface area contributed by atoms with Crippen molar-refractivity contribution in [1.82, 2.24) is 15.2 Å². The molecule has 0 spiro atoms. The zero-order chi connectivity index (χ0) is 30.6. The standard InChI is InChI=1S/C31H38ClN3O3.CH2O3.ClH/c1-4-21-8-5-6-9-25(21)26-15-17-28(31(37)33-23-11-13-24(36)14-12-23)34-30(26)22-10-16-27(32)29(20-22)38-19-7-18-35(2)3;2-1(3)4;/h5-6,8-10,15-17,20,23-24,36H,4,7,11-14,18-19H2,1-3H3,(H,33,37);(H2,2,3,4);1H. The SMILES string of the molecule is CCc1ccccc1-c1ccc(C(=O)NC2CCC(O)CC2)nc1-c1ccc(Cl)c(OCCCN(C)C)c1.Cl.O=C(O)O. The van der Waals surface area contributed by atoms with Crippen molar-refractivity contribution >= 4 is 36.1 Å². The average molecular weight is 635 g/mol. The van der Waals surface area contributed by atoms with E-state index in [9.17, 15) is 9.90 Å². The summed E-state index contributed by atoms with van der Waals surface area (Å²) in [4.78, 5) is 28.8. The van der Waals surface area contributed by atoms with Crippen molar-refractivity contribution in [2.24, 2.45) is 0 Å². The number of aromatic nitrogens is 1. The van der Waals surface area contributed by atoms with Gasteiger partial charge in [-0.25, -0.2) is 9.78 Å². The lowest BCUT2D eigenvalue weighted by atomic mass is 9.92. The van der Waals surface area contributed by atoms with Crippen LogP contribution in [0, 0.1) is 0 Å². The number of nitrogens with zero attached hydrogens (tertiary/aromatic N) is 2. The van der Waals surface area contributed by atoms with Gasteiger partial charge in [-0.2, -0.15) is 0 Å². The van der Waals surface area contributed by atoms with Gasteiger partial charge < -0.3 is 30.3 Å². The van der Waals surface area contributed by atoms with E-state index in [1.807, 2.05) is 50.5 Å². The Kier molecular flexibility index (Phi) is 14.7. The zero-order valence-corrected chi connectivity index (χ0v) is 26.3. The number of ether oxygens (including phenoxy) is 1. The Balaban J connectivity index is 0.00000121. The predicted molar refractivity (Wildman–Crippen MR) is 172 cm³/mol. The molecule has 1 amide bonds. The number of amides is 1. The van der Waals surface area contributed by atoms with Crippen molar-refractivity contribution < 1.29 is 29.6 Å². The summed E-state index contributed by atoms with van der Waals surface area (Å²) in [5.74, 6) is 0.409. The highest BCUT2D eigenvalue weighted by atomic mass is 35.5. The number of halogens is 2. The molecule has 1 saturated carbocycles. The minimum Gasteiger partial charge on any atom is -0.492 e. The summed E-state index contributed by atoms with van der Waals surface area (Å²) < 4.78 is 6.04. The molecule has 0 radical (unpaired) electrons. The van der Waals surface area contributed by atoms with Crippen molar-refractivity contribution in [3.8, 4) is 28.1 Å². The van der Waals surface area contributed by atoms with E-state index in [1.54, 1.807) is 6.07 Å². The number of pyridine rings is 1. The van der Waals surface area contributed by atoms with E-state index in [4.69, 9.17) is 36.3 Å². The van der Waals surface area contributed by atoms with E-state index in [2.05, 4.69) is 29.3 Å². The lowest BCUT2D eigenvalue weighted by molar-refractivity contribution is 0.0863. The number of carbonyl (C=O) groups is 2. The quantitative estimate of drug-likeness (QED) is 0.183. The van der Waals surface area contributed by atoms with Crippen molar-refractivity contribution in [1.29, 1.82) is 0 Å². The number of aliphatic hydroxyl groups is 1. The van der Waals surface area contributed by atoms with Gasteiger partial charge in [0.1, 0.15) is 11.4 Å². The van der Waals surface area contributed by atoms with E-state index < -0.39 is 6.16 Å². The van der Waals surface area contributed by atoms with Crippen LogP contribution >= 0.6 is 24.0 Å². The topological polar surface area (TPSA) is 132 Å². The van der Waals surface area contributed by atoms with Gasteiger partial charge in [0.05, 0.1) is 23.4 Å². The molecule has 234 valence electrons. The fourth-order valence-corrected chi connectivity index (χ4v) is 5.09. The predicted octanol–water partition coefficient (Wildman–Crippen LogP) is 6.64. The molecule has 0 aliphatic heterocycles. The van der Waals surface area contributed by atoms with Crippen LogP contribution in [0.15, 0.2) is 54.6 Å². The van der Waals surface area contributed by atoms with Crippen LogP contribution in [-0.2, 0) is 6.42 Å². The second-order valence-electron chi connectivity index (χ2n) is 10.5. The molecule has 0 unspecified atom stereocenters. The molecule has 11 heteroatoms. The van der Waals surface area contributed by atoms with Crippen LogP contribution in [0.25, 0.3) is 22.4 Å². The molecular weight excluding hydrogens is 593 g/mol. The molecule has 3 aromatic rings. The minimum atomic E-state index is -1.83. The second kappa shape index (κ2) is 17.7. The van der Waals surface area contributed by atoms with E-state index in [0.29, 0.717) is 41.6 Å². The van der Waals surface area contributed by atoms with Crippen molar-refractivity contribution in [3.63, 3.8) is 0 Å². The van der Waals surface area contributed by atoms with Gasteiger partial charge in [-0.15, -0.1) is 12.4 Å². The summed E-state index contributed by atoms with van der Waals surface area (Å²) in [5, 5.41) is 27.4. The summed E-state index contributed by atoms with van der Waals surface area (Å²) in [6.45, 7) is 3.61. The summed E-state index contributed by atoms with van der Waals surface area (Å²) in [6.07, 6.45) is 2.62. The lowest BCUT2D eigenvalue weighted by Crippen LogP contribution is -2.38. The van der Waals surface area contributed by atoms with E-state index in [0.717, 1.165) is 48.9 Å². The fraction of sp³-hybridized carbons (Fsp3) is 0.406. The molecular formula is C32H41Cl2N3O6. The lowest BCUT2D eigenvalue weighted by Gasteiger charge is -2.26. The molecule has 1 aliphatic rings. The van der Waals surface area contributed by atoms with Crippen LogP contribution in [0.4, 0.5) is 4.79 Å². The van der Waals surface area contributed by atoms with Gasteiger partial charge in [-0.1, -0.05) is 48.9 Å². The maximum atomic E-state index is 13.2. The minimum absolute atomic E-state index is 0. The maximum Gasteiger partial charge on any atom is 0.503 e. The molecule has 0 atom stereocenters. The number of benzene rings is 2. The second-order valence-corrected chi connectivity index (χ2v) is 10.9. The normalized spacial score (nSPS) is 16.0. The highest BCUT2D eigenvalue weighted by molar-refractivity contribution is 6.32. The van der Waals surface area contributed by atoms with Crippen molar-refractivity contribution in [2.75, 3.05) is 27.2 Å². The van der Waals surface area contributed by atoms with Gasteiger partial charge >= 0.3 is 6.16 Å². The first-order valence-corrected chi connectivity index (χ1v) is 14.5. The van der Waals surface area contributed by atoms with E-state index in [1.165, 1.54) is 5.56 Å². The first-order valence-electron chi connectivity index (χ1n) is 14.2. The molecule has 4 rings (SSSR count). The number of aliphatic hydroxyl groups excluding tert-OH is 1. The molecule has 1 aromatic heterocycles. The third kappa shape index (κ3) is 11.0. The molecule has 1 fully saturated rings. The van der Waals surface area contributed by atoms with E-state index in [-0.39, 0.29) is 30.5 Å². The number of hydrogen-bond acceptors (Lipinski definition) is 6. The van der Waals surface area contributed by atoms with Gasteiger partial charge in [-0.05, 0) is 88.0 Å². The molecule has 1 aliphatic carbocycles. The first kappa shape index (κ1) is 35.8. The Morgan fingerprint density at radius 1 is 1.02 bits per heavy atom. The van der Waals surface area contributed by atoms with Crippen LogP contribution < -0.4 is 10.1 Å². The molecule has 1 heterocycles.